The van der Waals surface area contributed by atoms with Crippen molar-refractivity contribution in [1.29, 1.82) is 0 Å². The third-order valence-electron chi connectivity index (χ3n) is 2.89. The highest BCUT2D eigenvalue weighted by molar-refractivity contribution is 6.05. The first-order valence-corrected chi connectivity index (χ1v) is 5.84. The maximum absolute atomic E-state index is 13.0. The van der Waals surface area contributed by atoms with Crippen LogP contribution in [0.3, 0.4) is 0 Å². The van der Waals surface area contributed by atoms with Gasteiger partial charge in [0.25, 0.3) is 5.91 Å². The third-order valence-corrected chi connectivity index (χ3v) is 2.89. The minimum absolute atomic E-state index is 0.177. The van der Waals surface area contributed by atoms with Gasteiger partial charge in [0.15, 0.2) is 0 Å². The molecule has 2 rings (SSSR count). The van der Waals surface area contributed by atoms with E-state index in [1.165, 1.54) is 24.3 Å². The monoisotopic (exact) mass is 259 g/mol. The van der Waals surface area contributed by atoms with E-state index >= 15 is 0 Å². The highest BCUT2D eigenvalue weighted by Gasteiger charge is 2.10. The van der Waals surface area contributed by atoms with Gasteiger partial charge in [-0.25, -0.2) is 4.39 Å². The minimum Gasteiger partial charge on any atom is -0.508 e. The molecule has 0 aliphatic rings. The second-order valence-corrected chi connectivity index (χ2v) is 4.41. The Kier molecular flexibility index (Phi) is 3.51. The first-order chi connectivity index (χ1) is 8.97. The number of halogens is 1. The summed E-state index contributed by atoms with van der Waals surface area (Å²) < 4.78 is 13.0. The molecule has 4 heteroatoms. The molecule has 2 aromatic carbocycles. The zero-order chi connectivity index (χ0) is 14.0. The summed E-state index contributed by atoms with van der Waals surface area (Å²) in [7, 11) is 0. The summed E-state index contributed by atoms with van der Waals surface area (Å²) in [5, 5.41) is 12.1. The van der Waals surface area contributed by atoms with Crippen molar-refractivity contribution in [3.05, 3.63) is 58.9 Å². The molecule has 0 unspecified atom stereocenters. The number of phenols is 1. The van der Waals surface area contributed by atoms with E-state index in [4.69, 9.17) is 0 Å². The Labute approximate surface area is 110 Å². The number of nitrogens with one attached hydrogen (secondary N) is 1. The molecule has 0 aliphatic carbocycles. The van der Waals surface area contributed by atoms with Gasteiger partial charge in [0.2, 0.25) is 0 Å². The Balaban J connectivity index is 2.23. The van der Waals surface area contributed by atoms with Crippen LogP contribution in [0.25, 0.3) is 0 Å². The standard InChI is InChI=1S/C15H14FNO2/c1-9-7-11(16)3-5-13(9)15(19)17-12-4-6-14(18)10(2)8-12/h3-8,18H,1-2H3,(H,17,19). The van der Waals surface area contributed by atoms with E-state index in [9.17, 15) is 14.3 Å². The normalized spacial score (nSPS) is 10.3. The molecule has 2 N–H and O–H groups in total. The van der Waals surface area contributed by atoms with E-state index in [1.54, 1.807) is 26.0 Å². The van der Waals surface area contributed by atoms with E-state index in [0.29, 0.717) is 22.4 Å². The van der Waals surface area contributed by atoms with Gasteiger partial charge in [-0.2, -0.15) is 0 Å². The number of hydrogen-bond donors (Lipinski definition) is 2. The molecule has 0 aromatic heterocycles. The minimum atomic E-state index is -0.366. The average Bonchev–Trinajstić information content (AvgIpc) is 2.33. The van der Waals surface area contributed by atoms with E-state index < -0.39 is 0 Å². The number of carbonyl (C=O) groups excluding carboxylic acids is 1. The molecule has 0 fully saturated rings. The second kappa shape index (κ2) is 5.10. The zero-order valence-corrected chi connectivity index (χ0v) is 10.7. The van der Waals surface area contributed by atoms with Crippen LogP contribution >= 0.6 is 0 Å². The van der Waals surface area contributed by atoms with Crippen molar-refractivity contribution in [3.63, 3.8) is 0 Å². The maximum atomic E-state index is 13.0. The fraction of sp³-hybridized carbons (Fsp3) is 0.133. The molecule has 0 radical (unpaired) electrons. The van der Waals surface area contributed by atoms with Crippen LogP contribution in [0.2, 0.25) is 0 Å². The number of amides is 1. The summed E-state index contributed by atoms with van der Waals surface area (Å²) in [5.41, 5.74) is 2.26. The van der Waals surface area contributed by atoms with Crippen LogP contribution in [0.15, 0.2) is 36.4 Å². The molecule has 0 atom stereocenters. The van der Waals surface area contributed by atoms with Crippen LogP contribution in [0.1, 0.15) is 21.5 Å². The van der Waals surface area contributed by atoms with Gasteiger partial charge < -0.3 is 10.4 Å². The van der Waals surface area contributed by atoms with E-state index in [0.717, 1.165) is 0 Å². The number of anilines is 1. The van der Waals surface area contributed by atoms with Crippen molar-refractivity contribution in [2.45, 2.75) is 13.8 Å². The summed E-state index contributed by atoms with van der Waals surface area (Å²) in [6.45, 7) is 3.42. The summed E-state index contributed by atoms with van der Waals surface area (Å²) >= 11 is 0. The molecule has 1 amide bonds. The van der Waals surface area contributed by atoms with Crippen molar-refractivity contribution >= 4 is 11.6 Å². The maximum Gasteiger partial charge on any atom is 0.255 e. The lowest BCUT2D eigenvalue weighted by atomic mass is 10.1. The largest absolute Gasteiger partial charge is 0.508 e. The zero-order valence-electron chi connectivity index (χ0n) is 10.7. The molecule has 98 valence electrons. The van der Waals surface area contributed by atoms with E-state index in [1.807, 2.05) is 0 Å². The summed E-state index contributed by atoms with van der Waals surface area (Å²) in [6.07, 6.45) is 0. The predicted octanol–water partition coefficient (Wildman–Crippen LogP) is 3.40. The van der Waals surface area contributed by atoms with Crippen molar-refractivity contribution in [2.24, 2.45) is 0 Å². The van der Waals surface area contributed by atoms with Crippen molar-refractivity contribution in [3.8, 4) is 5.75 Å². The van der Waals surface area contributed by atoms with Crippen LogP contribution in [0.5, 0.6) is 5.75 Å². The van der Waals surface area contributed by atoms with Gasteiger partial charge in [-0.3, -0.25) is 4.79 Å². The first-order valence-electron chi connectivity index (χ1n) is 5.84. The smallest absolute Gasteiger partial charge is 0.255 e. The molecular weight excluding hydrogens is 245 g/mol. The van der Waals surface area contributed by atoms with Gasteiger partial charge in [0.1, 0.15) is 11.6 Å². The SMILES string of the molecule is Cc1cc(NC(=O)c2ccc(F)cc2C)ccc1O. The molecule has 0 aliphatic heterocycles. The van der Waals surface area contributed by atoms with Gasteiger partial charge >= 0.3 is 0 Å². The molecule has 0 saturated carbocycles. The third kappa shape index (κ3) is 2.91. The first kappa shape index (κ1) is 13.1. The van der Waals surface area contributed by atoms with Crippen LogP contribution in [0.4, 0.5) is 10.1 Å². The van der Waals surface area contributed by atoms with Gasteiger partial charge in [-0.05, 0) is 61.4 Å². The number of hydrogen-bond acceptors (Lipinski definition) is 2. The Morgan fingerprint density at radius 2 is 1.84 bits per heavy atom. The van der Waals surface area contributed by atoms with Crippen LogP contribution in [0, 0.1) is 19.7 Å². The summed E-state index contributed by atoms with van der Waals surface area (Å²) in [5.74, 6) is -0.493. The van der Waals surface area contributed by atoms with Gasteiger partial charge in [0.05, 0.1) is 0 Å². The molecule has 0 spiro atoms. The van der Waals surface area contributed by atoms with E-state index in [2.05, 4.69) is 5.32 Å². The molecule has 19 heavy (non-hydrogen) atoms. The topological polar surface area (TPSA) is 49.3 Å². The number of aromatic hydroxyl groups is 1. The quantitative estimate of drug-likeness (QED) is 0.812. The molecule has 0 saturated heterocycles. The lowest BCUT2D eigenvalue weighted by molar-refractivity contribution is 0.102. The lowest BCUT2D eigenvalue weighted by Crippen LogP contribution is -2.13. The van der Waals surface area contributed by atoms with E-state index in [-0.39, 0.29) is 17.5 Å². The van der Waals surface area contributed by atoms with Crippen molar-refractivity contribution in [2.75, 3.05) is 5.32 Å². The Bertz CT molecular complexity index is 638. The molecule has 2 aromatic rings. The number of phenolic OH excluding ortho intramolecular Hbond substituents is 1. The Morgan fingerprint density at radius 1 is 1.11 bits per heavy atom. The fourth-order valence-corrected chi connectivity index (χ4v) is 1.81. The lowest BCUT2D eigenvalue weighted by Gasteiger charge is -2.09. The van der Waals surface area contributed by atoms with Gasteiger partial charge in [0, 0.05) is 11.3 Å². The predicted molar refractivity (Wildman–Crippen MR) is 71.9 cm³/mol. The molecule has 0 bridgehead atoms. The van der Waals surface area contributed by atoms with Crippen LogP contribution in [-0.2, 0) is 0 Å². The highest BCUT2D eigenvalue weighted by atomic mass is 19.1. The van der Waals surface area contributed by atoms with Gasteiger partial charge in [-0.1, -0.05) is 0 Å². The number of benzene rings is 2. The average molecular weight is 259 g/mol. The van der Waals surface area contributed by atoms with Crippen LogP contribution in [-0.4, -0.2) is 11.0 Å². The second-order valence-electron chi connectivity index (χ2n) is 4.41. The fourth-order valence-electron chi connectivity index (χ4n) is 1.81. The number of aryl methyl sites for hydroxylation is 2. The highest BCUT2D eigenvalue weighted by Crippen LogP contribution is 2.21. The number of carbonyl (C=O) groups is 1. The Morgan fingerprint density at radius 3 is 2.47 bits per heavy atom. The van der Waals surface area contributed by atoms with Crippen LogP contribution < -0.4 is 5.32 Å². The molecular formula is C15H14FNO2. The van der Waals surface area contributed by atoms with Crippen molar-refractivity contribution in [1.82, 2.24) is 0 Å². The molecule has 3 nitrogen and oxygen atoms in total. The van der Waals surface area contributed by atoms with Crippen molar-refractivity contribution < 1.29 is 14.3 Å². The summed E-state index contributed by atoms with van der Waals surface area (Å²) in [6, 6.07) is 8.82. The molecule has 0 heterocycles. The van der Waals surface area contributed by atoms with Gasteiger partial charge in [-0.15, -0.1) is 0 Å². The summed E-state index contributed by atoms with van der Waals surface area (Å²) in [4.78, 5) is 12.0. The Hall–Kier alpha value is -2.36. The number of rotatable bonds is 2.